The molecule has 0 spiro atoms. The molecule has 1 aromatic rings. The van der Waals surface area contributed by atoms with Crippen LogP contribution in [0.5, 0.6) is 0 Å². The SMILES string of the molecule is O=C(O)c1sc(C2CCCCS2)nc1C(F)(F)F. The number of hydrogen-bond donors (Lipinski definition) is 1. The number of halogens is 3. The minimum Gasteiger partial charge on any atom is -0.477 e. The zero-order valence-corrected chi connectivity index (χ0v) is 10.8. The first kappa shape index (κ1) is 13.7. The fourth-order valence-electron chi connectivity index (χ4n) is 1.75. The third-order valence-electron chi connectivity index (χ3n) is 2.56. The number of thioether (sulfide) groups is 1. The van der Waals surface area contributed by atoms with Crippen molar-refractivity contribution in [2.45, 2.75) is 30.7 Å². The summed E-state index contributed by atoms with van der Waals surface area (Å²) in [6.07, 6.45) is -1.96. The van der Waals surface area contributed by atoms with E-state index in [0.29, 0.717) is 11.3 Å². The van der Waals surface area contributed by atoms with Crippen LogP contribution in [-0.4, -0.2) is 21.8 Å². The van der Waals surface area contributed by atoms with Crippen molar-refractivity contribution < 1.29 is 23.1 Å². The van der Waals surface area contributed by atoms with Gasteiger partial charge in [-0.05, 0) is 18.6 Å². The van der Waals surface area contributed by atoms with E-state index < -0.39 is 22.7 Å². The van der Waals surface area contributed by atoms with Crippen LogP contribution in [0.1, 0.15) is 44.9 Å². The Balaban J connectivity index is 2.35. The molecule has 0 aliphatic carbocycles. The molecule has 0 aromatic carbocycles. The molecule has 0 bridgehead atoms. The number of carbonyl (C=O) groups is 1. The molecule has 1 atom stereocenters. The van der Waals surface area contributed by atoms with Crippen LogP contribution in [0.3, 0.4) is 0 Å². The summed E-state index contributed by atoms with van der Waals surface area (Å²) < 4.78 is 38.0. The van der Waals surface area contributed by atoms with Gasteiger partial charge in [0.1, 0.15) is 9.88 Å². The van der Waals surface area contributed by atoms with E-state index in [2.05, 4.69) is 4.98 Å². The standard InChI is InChI=1S/C10H10F3NO2S2/c11-10(12,13)7-6(9(15)16)18-8(14-7)5-3-1-2-4-17-5/h5H,1-4H2,(H,15,16). The summed E-state index contributed by atoms with van der Waals surface area (Å²) in [4.78, 5) is 13.6. The van der Waals surface area contributed by atoms with Gasteiger partial charge in [0, 0.05) is 0 Å². The van der Waals surface area contributed by atoms with Crippen molar-refractivity contribution in [1.29, 1.82) is 0 Å². The Morgan fingerprint density at radius 1 is 1.39 bits per heavy atom. The van der Waals surface area contributed by atoms with Crippen LogP contribution < -0.4 is 0 Å². The summed E-state index contributed by atoms with van der Waals surface area (Å²) in [5, 5.41) is 8.99. The number of aromatic carboxylic acids is 1. The number of nitrogens with zero attached hydrogens (tertiary/aromatic N) is 1. The number of aromatic nitrogens is 1. The molecular weight excluding hydrogens is 287 g/mol. The lowest BCUT2D eigenvalue weighted by molar-refractivity contribution is -0.141. The number of hydrogen-bond acceptors (Lipinski definition) is 4. The molecule has 3 nitrogen and oxygen atoms in total. The van der Waals surface area contributed by atoms with Gasteiger partial charge in [0.05, 0.1) is 5.25 Å². The third-order valence-corrected chi connectivity index (χ3v) is 5.25. The minimum atomic E-state index is -4.71. The Kier molecular flexibility index (Phi) is 3.86. The molecule has 2 rings (SSSR count). The molecule has 1 N–H and O–H groups in total. The molecule has 0 saturated carbocycles. The Morgan fingerprint density at radius 3 is 2.56 bits per heavy atom. The van der Waals surface area contributed by atoms with Crippen LogP contribution in [0.25, 0.3) is 0 Å². The van der Waals surface area contributed by atoms with Gasteiger partial charge in [-0.3, -0.25) is 0 Å². The lowest BCUT2D eigenvalue weighted by Crippen LogP contribution is -2.11. The van der Waals surface area contributed by atoms with Gasteiger partial charge < -0.3 is 5.11 Å². The molecule has 2 heterocycles. The largest absolute Gasteiger partial charge is 0.477 e. The van der Waals surface area contributed by atoms with E-state index in [4.69, 9.17) is 5.11 Å². The second kappa shape index (κ2) is 5.08. The van der Waals surface area contributed by atoms with Gasteiger partial charge in [0.2, 0.25) is 0 Å². The van der Waals surface area contributed by atoms with Crippen LogP contribution in [0, 0.1) is 0 Å². The molecule has 8 heteroatoms. The van der Waals surface area contributed by atoms with Crippen molar-refractivity contribution in [3.63, 3.8) is 0 Å². The molecule has 1 aromatic heterocycles. The quantitative estimate of drug-likeness (QED) is 0.901. The first-order valence-electron chi connectivity index (χ1n) is 5.32. The van der Waals surface area contributed by atoms with Gasteiger partial charge >= 0.3 is 12.1 Å². The molecular formula is C10H10F3NO2S2. The minimum absolute atomic E-state index is 0.0991. The number of rotatable bonds is 2. The van der Waals surface area contributed by atoms with Gasteiger partial charge in [-0.15, -0.1) is 11.3 Å². The van der Waals surface area contributed by atoms with Gasteiger partial charge in [0.15, 0.2) is 5.69 Å². The van der Waals surface area contributed by atoms with Crippen LogP contribution >= 0.6 is 23.1 Å². The summed E-state index contributed by atoms with van der Waals surface area (Å²) in [5.41, 5.74) is -1.26. The molecule has 1 aliphatic rings. The van der Waals surface area contributed by atoms with Crippen LogP contribution in [-0.2, 0) is 6.18 Å². The van der Waals surface area contributed by atoms with E-state index in [9.17, 15) is 18.0 Å². The zero-order valence-electron chi connectivity index (χ0n) is 9.16. The van der Waals surface area contributed by atoms with Crippen LogP contribution in [0.15, 0.2) is 0 Å². The van der Waals surface area contributed by atoms with Crippen molar-refractivity contribution in [3.05, 3.63) is 15.6 Å². The maximum Gasteiger partial charge on any atom is 0.435 e. The molecule has 0 radical (unpaired) electrons. The van der Waals surface area contributed by atoms with E-state index >= 15 is 0 Å². The van der Waals surface area contributed by atoms with Crippen molar-refractivity contribution in [3.8, 4) is 0 Å². The zero-order chi connectivity index (χ0) is 13.3. The second-order valence-electron chi connectivity index (χ2n) is 3.89. The molecule has 1 aliphatic heterocycles. The molecule has 0 amide bonds. The summed E-state index contributed by atoms with van der Waals surface area (Å²) in [6, 6.07) is 0. The fourth-order valence-corrected chi connectivity index (χ4v) is 4.22. The number of carboxylic acid groups (broad SMARTS) is 1. The predicted octanol–water partition coefficient (Wildman–Crippen LogP) is 3.82. The van der Waals surface area contributed by atoms with E-state index in [1.54, 1.807) is 11.8 Å². The van der Waals surface area contributed by atoms with Gasteiger partial charge in [-0.25, -0.2) is 9.78 Å². The molecule has 1 fully saturated rings. The fraction of sp³-hybridized carbons (Fsp3) is 0.600. The topological polar surface area (TPSA) is 50.2 Å². The first-order valence-corrected chi connectivity index (χ1v) is 7.19. The van der Waals surface area contributed by atoms with E-state index in [1.807, 2.05) is 0 Å². The lowest BCUT2D eigenvalue weighted by atomic mass is 10.2. The highest BCUT2D eigenvalue weighted by atomic mass is 32.2. The highest BCUT2D eigenvalue weighted by Gasteiger charge is 2.40. The highest BCUT2D eigenvalue weighted by molar-refractivity contribution is 7.99. The van der Waals surface area contributed by atoms with Gasteiger partial charge in [0.25, 0.3) is 0 Å². The Morgan fingerprint density at radius 2 is 2.11 bits per heavy atom. The Hall–Kier alpha value is -0.760. The van der Waals surface area contributed by atoms with Crippen molar-refractivity contribution in [2.24, 2.45) is 0 Å². The average molecular weight is 297 g/mol. The monoisotopic (exact) mass is 297 g/mol. The van der Waals surface area contributed by atoms with Crippen LogP contribution in [0.2, 0.25) is 0 Å². The Bertz CT molecular complexity index is 452. The van der Waals surface area contributed by atoms with E-state index in [-0.39, 0.29) is 10.3 Å². The highest BCUT2D eigenvalue weighted by Crippen LogP contribution is 2.43. The second-order valence-corrected chi connectivity index (χ2v) is 6.23. The smallest absolute Gasteiger partial charge is 0.435 e. The summed E-state index contributed by atoms with van der Waals surface area (Å²) >= 11 is 2.20. The van der Waals surface area contributed by atoms with Gasteiger partial charge in [-0.2, -0.15) is 24.9 Å². The maximum atomic E-state index is 12.7. The predicted molar refractivity (Wildman–Crippen MR) is 63.1 cm³/mol. The number of thiazole rings is 1. The molecule has 100 valence electrons. The van der Waals surface area contributed by atoms with Crippen molar-refractivity contribution in [1.82, 2.24) is 4.98 Å². The third kappa shape index (κ3) is 2.80. The summed E-state index contributed by atoms with van der Waals surface area (Å²) in [6.45, 7) is 0. The van der Waals surface area contributed by atoms with Crippen molar-refractivity contribution >= 4 is 29.1 Å². The average Bonchev–Trinajstić information content (AvgIpc) is 2.74. The maximum absolute atomic E-state index is 12.7. The Labute approximate surface area is 109 Å². The van der Waals surface area contributed by atoms with Gasteiger partial charge in [-0.1, -0.05) is 6.42 Å². The summed E-state index contributed by atoms with van der Waals surface area (Å²) in [5.74, 6) is -0.680. The molecule has 1 unspecified atom stereocenters. The van der Waals surface area contributed by atoms with E-state index in [1.165, 1.54) is 0 Å². The van der Waals surface area contributed by atoms with E-state index in [0.717, 1.165) is 25.0 Å². The van der Waals surface area contributed by atoms with Crippen LogP contribution in [0.4, 0.5) is 13.2 Å². The number of carboxylic acids is 1. The van der Waals surface area contributed by atoms with Crippen molar-refractivity contribution in [2.75, 3.05) is 5.75 Å². The normalized spacial score (nSPS) is 20.9. The number of alkyl halides is 3. The lowest BCUT2D eigenvalue weighted by Gasteiger charge is -2.18. The molecule has 1 saturated heterocycles. The first-order chi connectivity index (χ1) is 8.39. The summed E-state index contributed by atoms with van der Waals surface area (Å²) in [7, 11) is 0. The molecule has 18 heavy (non-hydrogen) atoms.